The maximum Gasteiger partial charge on any atom is 0.227 e. The molecule has 1 heterocycles. The van der Waals surface area contributed by atoms with Gasteiger partial charge in [-0.25, -0.2) is 0 Å². The van der Waals surface area contributed by atoms with Crippen molar-refractivity contribution in [3.8, 4) is 5.75 Å². The summed E-state index contributed by atoms with van der Waals surface area (Å²) in [5.74, 6) is 0.483. The summed E-state index contributed by atoms with van der Waals surface area (Å²) in [5.41, 5.74) is -0.238. The first-order chi connectivity index (χ1) is 9.27. The topological polar surface area (TPSA) is 59.7 Å². The van der Waals surface area contributed by atoms with Crippen LogP contribution < -0.4 is 10.2 Å². The molecule has 0 saturated heterocycles. The van der Waals surface area contributed by atoms with Crippen LogP contribution in [0.4, 0.5) is 0 Å². The van der Waals surface area contributed by atoms with Gasteiger partial charge in [0.05, 0.1) is 6.61 Å². The molecule has 0 fully saturated rings. The molecule has 0 saturated carbocycles. The van der Waals surface area contributed by atoms with Gasteiger partial charge in [-0.2, -0.15) is 0 Å². The summed E-state index contributed by atoms with van der Waals surface area (Å²) < 4.78 is 10.4. The molecule has 0 aliphatic heterocycles. The van der Waals surface area contributed by atoms with Crippen molar-refractivity contribution in [2.75, 3.05) is 6.61 Å². The molecule has 0 aliphatic rings. The molecular formula is C15H24O4. The van der Waals surface area contributed by atoms with Crippen LogP contribution >= 0.6 is 0 Å². The van der Waals surface area contributed by atoms with Crippen LogP contribution in [0.25, 0.3) is 0 Å². The first-order valence-corrected chi connectivity index (χ1v) is 7.13. The Kier molecular flexibility index (Phi) is 7.98. The third-order valence-electron chi connectivity index (χ3n) is 3.01. The molecule has 0 aromatic carbocycles. The van der Waals surface area contributed by atoms with E-state index in [-0.39, 0.29) is 23.5 Å². The maximum absolute atomic E-state index is 11.5. The Balaban J connectivity index is 2.14. The van der Waals surface area contributed by atoms with E-state index >= 15 is 0 Å². The molecule has 0 radical (unpaired) electrons. The highest BCUT2D eigenvalue weighted by Gasteiger charge is 2.03. The first kappa shape index (κ1) is 15.8. The van der Waals surface area contributed by atoms with Crippen LogP contribution in [0.2, 0.25) is 0 Å². The molecule has 1 N–H and O–H groups in total. The van der Waals surface area contributed by atoms with E-state index in [1.54, 1.807) is 0 Å². The standard InChI is InChI=1S/C15H24O4/c1-2-3-4-5-6-7-8-9-18-15-12-19-13(11-16)10-14(15)17/h10,12,16H,2-9,11H2,1H3. The zero-order chi connectivity index (χ0) is 13.9. The number of hydrogen-bond donors (Lipinski definition) is 1. The smallest absolute Gasteiger partial charge is 0.227 e. The summed E-state index contributed by atoms with van der Waals surface area (Å²) in [5, 5.41) is 8.81. The second-order valence-corrected chi connectivity index (χ2v) is 4.70. The SMILES string of the molecule is CCCCCCCCCOc1coc(CO)cc1=O. The zero-order valence-electron chi connectivity index (χ0n) is 11.7. The van der Waals surface area contributed by atoms with E-state index in [2.05, 4.69) is 6.92 Å². The van der Waals surface area contributed by atoms with Crippen molar-refractivity contribution in [2.45, 2.75) is 58.5 Å². The van der Waals surface area contributed by atoms with E-state index in [0.29, 0.717) is 6.61 Å². The number of ether oxygens (including phenoxy) is 1. The van der Waals surface area contributed by atoms with Gasteiger partial charge in [-0.15, -0.1) is 0 Å². The average molecular weight is 268 g/mol. The van der Waals surface area contributed by atoms with Crippen LogP contribution in [0.1, 0.15) is 57.6 Å². The van der Waals surface area contributed by atoms with Crippen LogP contribution in [0.3, 0.4) is 0 Å². The molecule has 1 aromatic rings. The molecule has 0 aliphatic carbocycles. The van der Waals surface area contributed by atoms with Crippen molar-refractivity contribution < 1.29 is 14.3 Å². The summed E-state index contributed by atoms with van der Waals surface area (Å²) in [6.45, 7) is 2.48. The lowest BCUT2D eigenvalue weighted by Crippen LogP contribution is -2.09. The second kappa shape index (κ2) is 9.62. The van der Waals surface area contributed by atoms with Crippen LogP contribution in [-0.2, 0) is 6.61 Å². The minimum absolute atomic E-state index is 0.225. The van der Waals surface area contributed by atoms with Crippen LogP contribution in [0.15, 0.2) is 21.5 Å². The number of aliphatic hydroxyl groups is 1. The van der Waals surface area contributed by atoms with Crippen molar-refractivity contribution in [3.63, 3.8) is 0 Å². The average Bonchev–Trinajstić information content (AvgIpc) is 2.43. The molecule has 4 heteroatoms. The third-order valence-corrected chi connectivity index (χ3v) is 3.01. The van der Waals surface area contributed by atoms with Gasteiger partial charge in [0.2, 0.25) is 11.2 Å². The largest absolute Gasteiger partial charge is 0.487 e. The Bertz CT molecular complexity index is 397. The van der Waals surface area contributed by atoms with E-state index < -0.39 is 0 Å². The van der Waals surface area contributed by atoms with Crippen molar-refractivity contribution in [2.24, 2.45) is 0 Å². The van der Waals surface area contributed by atoms with Gasteiger partial charge in [0.1, 0.15) is 18.6 Å². The Morgan fingerprint density at radius 1 is 1.16 bits per heavy atom. The molecule has 0 unspecified atom stereocenters. The lowest BCUT2D eigenvalue weighted by molar-refractivity contribution is 0.236. The highest BCUT2D eigenvalue weighted by Crippen LogP contribution is 2.09. The van der Waals surface area contributed by atoms with Gasteiger partial charge in [-0.3, -0.25) is 4.79 Å². The Morgan fingerprint density at radius 2 is 1.84 bits per heavy atom. The lowest BCUT2D eigenvalue weighted by Gasteiger charge is -2.05. The molecule has 4 nitrogen and oxygen atoms in total. The Morgan fingerprint density at radius 3 is 2.47 bits per heavy atom. The summed E-state index contributed by atoms with van der Waals surface area (Å²) in [4.78, 5) is 11.5. The van der Waals surface area contributed by atoms with E-state index in [1.165, 1.54) is 44.4 Å². The molecule has 1 rings (SSSR count). The predicted molar refractivity (Wildman–Crippen MR) is 74.4 cm³/mol. The monoisotopic (exact) mass is 268 g/mol. The van der Waals surface area contributed by atoms with Gasteiger partial charge in [0.15, 0.2) is 0 Å². The Hall–Kier alpha value is -1.29. The van der Waals surface area contributed by atoms with Gasteiger partial charge >= 0.3 is 0 Å². The Labute approximate surface area is 114 Å². The summed E-state index contributed by atoms with van der Waals surface area (Å²) in [6, 6.07) is 1.26. The number of aliphatic hydroxyl groups excluding tert-OH is 1. The van der Waals surface area contributed by atoms with E-state index in [1.807, 2.05) is 0 Å². The molecule has 1 aromatic heterocycles. The lowest BCUT2D eigenvalue weighted by atomic mass is 10.1. The van der Waals surface area contributed by atoms with Crippen molar-refractivity contribution in [3.05, 3.63) is 28.3 Å². The highest BCUT2D eigenvalue weighted by molar-refractivity contribution is 5.17. The molecular weight excluding hydrogens is 244 g/mol. The summed E-state index contributed by atoms with van der Waals surface area (Å²) in [7, 11) is 0. The maximum atomic E-state index is 11.5. The van der Waals surface area contributed by atoms with Gasteiger partial charge < -0.3 is 14.3 Å². The minimum Gasteiger partial charge on any atom is -0.487 e. The van der Waals surface area contributed by atoms with Gasteiger partial charge in [-0.05, 0) is 6.42 Å². The van der Waals surface area contributed by atoms with Gasteiger partial charge in [-0.1, -0.05) is 45.4 Å². The van der Waals surface area contributed by atoms with Gasteiger partial charge in [0.25, 0.3) is 0 Å². The molecule has 0 spiro atoms. The summed E-state index contributed by atoms with van der Waals surface area (Å²) in [6.07, 6.45) is 9.75. The fourth-order valence-electron chi connectivity index (χ4n) is 1.87. The van der Waals surface area contributed by atoms with Gasteiger partial charge in [0, 0.05) is 6.07 Å². The quantitative estimate of drug-likeness (QED) is 0.662. The van der Waals surface area contributed by atoms with Crippen LogP contribution in [0.5, 0.6) is 5.75 Å². The molecule has 0 amide bonds. The predicted octanol–water partition coefficient (Wildman–Crippen LogP) is 3.26. The van der Waals surface area contributed by atoms with Crippen molar-refractivity contribution in [1.82, 2.24) is 0 Å². The number of hydrogen-bond acceptors (Lipinski definition) is 4. The fourth-order valence-corrected chi connectivity index (χ4v) is 1.87. The zero-order valence-corrected chi connectivity index (χ0v) is 11.7. The highest BCUT2D eigenvalue weighted by atomic mass is 16.5. The van der Waals surface area contributed by atoms with Crippen molar-refractivity contribution >= 4 is 0 Å². The molecule has 0 bridgehead atoms. The normalized spacial score (nSPS) is 10.6. The second-order valence-electron chi connectivity index (χ2n) is 4.70. The fraction of sp³-hybridized carbons (Fsp3) is 0.667. The number of rotatable bonds is 10. The summed E-state index contributed by atoms with van der Waals surface area (Å²) >= 11 is 0. The third kappa shape index (κ3) is 6.43. The van der Waals surface area contributed by atoms with E-state index in [9.17, 15) is 4.79 Å². The molecule has 0 atom stereocenters. The van der Waals surface area contributed by atoms with E-state index in [0.717, 1.165) is 12.8 Å². The molecule has 19 heavy (non-hydrogen) atoms. The van der Waals surface area contributed by atoms with Crippen molar-refractivity contribution in [1.29, 1.82) is 0 Å². The minimum atomic E-state index is -0.271. The number of unbranched alkanes of at least 4 members (excludes halogenated alkanes) is 6. The van der Waals surface area contributed by atoms with E-state index in [4.69, 9.17) is 14.3 Å². The first-order valence-electron chi connectivity index (χ1n) is 7.13. The van der Waals surface area contributed by atoms with Crippen LogP contribution in [0, 0.1) is 0 Å². The molecule has 108 valence electrons. The van der Waals surface area contributed by atoms with Crippen LogP contribution in [-0.4, -0.2) is 11.7 Å².